The molecule has 0 aliphatic carbocycles. The average Bonchev–Trinajstić information content (AvgIpc) is 2.18. The molecule has 0 saturated heterocycles. The maximum Gasteiger partial charge on any atom is 0.213 e. The summed E-state index contributed by atoms with van der Waals surface area (Å²) in [4.78, 5) is 4.13. The molecular formula is C9H14N2O2. The van der Waals surface area contributed by atoms with Gasteiger partial charge in [-0.3, -0.25) is 0 Å². The van der Waals surface area contributed by atoms with Crippen LogP contribution in [0.15, 0.2) is 18.2 Å². The molecule has 1 rings (SSSR count). The van der Waals surface area contributed by atoms with Crippen LogP contribution in [-0.4, -0.2) is 23.8 Å². The average molecular weight is 182 g/mol. The van der Waals surface area contributed by atoms with E-state index in [4.69, 9.17) is 15.6 Å². The zero-order valence-electron chi connectivity index (χ0n) is 7.82. The highest BCUT2D eigenvalue weighted by molar-refractivity contribution is 5.21. The van der Waals surface area contributed by atoms with Crippen molar-refractivity contribution in [2.45, 2.75) is 12.5 Å². The van der Waals surface area contributed by atoms with Gasteiger partial charge < -0.3 is 15.6 Å². The smallest absolute Gasteiger partial charge is 0.213 e. The van der Waals surface area contributed by atoms with Crippen LogP contribution in [0.3, 0.4) is 0 Å². The fourth-order valence-electron chi connectivity index (χ4n) is 0.928. The molecular weight excluding hydrogens is 168 g/mol. The van der Waals surface area contributed by atoms with Gasteiger partial charge in [-0.2, -0.15) is 0 Å². The van der Waals surface area contributed by atoms with Gasteiger partial charge in [0.25, 0.3) is 0 Å². The molecule has 0 unspecified atom stereocenters. The molecule has 0 aliphatic rings. The van der Waals surface area contributed by atoms with E-state index in [0.29, 0.717) is 11.6 Å². The highest BCUT2D eigenvalue weighted by Gasteiger charge is 2.21. The molecule has 0 aliphatic heterocycles. The summed E-state index contributed by atoms with van der Waals surface area (Å²) in [7, 11) is 1.54. The largest absolute Gasteiger partial charge is 0.481 e. The number of pyridine rings is 1. The molecule has 3 N–H and O–H groups in total. The Labute approximate surface area is 77.4 Å². The van der Waals surface area contributed by atoms with E-state index in [1.54, 1.807) is 32.2 Å². The van der Waals surface area contributed by atoms with E-state index < -0.39 is 5.54 Å². The standard InChI is InChI=1S/C9H14N2O2/c1-9(10,6-12)7-4-3-5-8(11-7)13-2/h3-5,12H,6,10H2,1-2H3/t9-/m1/s1. The summed E-state index contributed by atoms with van der Waals surface area (Å²) in [6.45, 7) is 1.57. The highest BCUT2D eigenvalue weighted by Crippen LogP contribution is 2.17. The van der Waals surface area contributed by atoms with Crippen LogP contribution in [0.1, 0.15) is 12.6 Å². The second-order valence-corrected chi connectivity index (χ2v) is 3.14. The van der Waals surface area contributed by atoms with Crippen LogP contribution in [0.25, 0.3) is 0 Å². The molecule has 0 radical (unpaired) electrons. The van der Waals surface area contributed by atoms with Crippen molar-refractivity contribution in [1.29, 1.82) is 0 Å². The summed E-state index contributed by atoms with van der Waals surface area (Å²) in [6.07, 6.45) is 0. The Morgan fingerprint density at radius 2 is 2.31 bits per heavy atom. The van der Waals surface area contributed by atoms with Crippen LogP contribution in [0.5, 0.6) is 5.88 Å². The van der Waals surface area contributed by atoms with Crippen LogP contribution in [0.4, 0.5) is 0 Å². The predicted octanol–water partition coefficient (Wildman–Crippen LogP) is 0.256. The molecule has 4 nitrogen and oxygen atoms in total. The monoisotopic (exact) mass is 182 g/mol. The fourth-order valence-corrected chi connectivity index (χ4v) is 0.928. The molecule has 0 bridgehead atoms. The third-order valence-corrected chi connectivity index (χ3v) is 1.85. The molecule has 1 aromatic rings. The van der Waals surface area contributed by atoms with E-state index in [-0.39, 0.29) is 6.61 Å². The topological polar surface area (TPSA) is 68.4 Å². The third kappa shape index (κ3) is 2.17. The first-order valence-corrected chi connectivity index (χ1v) is 4.01. The van der Waals surface area contributed by atoms with Gasteiger partial charge in [0.1, 0.15) is 0 Å². The zero-order valence-corrected chi connectivity index (χ0v) is 7.82. The van der Waals surface area contributed by atoms with Gasteiger partial charge in [-0.1, -0.05) is 6.07 Å². The van der Waals surface area contributed by atoms with Crippen molar-refractivity contribution in [3.05, 3.63) is 23.9 Å². The summed E-state index contributed by atoms with van der Waals surface area (Å²) >= 11 is 0. The van der Waals surface area contributed by atoms with E-state index in [1.165, 1.54) is 0 Å². The number of rotatable bonds is 3. The summed E-state index contributed by atoms with van der Waals surface area (Å²) in [5.41, 5.74) is 5.60. The minimum atomic E-state index is -0.811. The molecule has 0 saturated carbocycles. The summed E-state index contributed by atoms with van der Waals surface area (Å²) in [5, 5.41) is 9.01. The Morgan fingerprint density at radius 1 is 1.62 bits per heavy atom. The lowest BCUT2D eigenvalue weighted by atomic mass is 10.0. The van der Waals surface area contributed by atoms with Gasteiger partial charge in [0.05, 0.1) is 24.9 Å². The normalized spacial score (nSPS) is 15.1. The number of hydrogen-bond acceptors (Lipinski definition) is 4. The lowest BCUT2D eigenvalue weighted by molar-refractivity contribution is 0.206. The van der Waals surface area contributed by atoms with Crippen LogP contribution in [0, 0.1) is 0 Å². The fraction of sp³-hybridized carbons (Fsp3) is 0.444. The van der Waals surface area contributed by atoms with Gasteiger partial charge in [-0.05, 0) is 13.0 Å². The molecule has 0 aromatic carbocycles. The molecule has 1 atom stereocenters. The summed E-state index contributed by atoms with van der Waals surface area (Å²) in [5.74, 6) is 0.502. The van der Waals surface area contributed by atoms with Gasteiger partial charge in [0.2, 0.25) is 5.88 Å². The van der Waals surface area contributed by atoms with Gasteiger partial charge in [0.15, 0.2) is 0 Å². The van der Waals surface area contributed by atoms with Crippen LogP contribution < -0.4 is 10.5 Å². The maximum absolute atomic E-state index is 9.01. The van der Waals surface area contributed by atoms with Gasteiger partial charge in [0, 0.05) is 6.07 Å². The number of aliphatic hydroxyl groups is 1. The second kappa shape index (κ2) is 3.72. The Balaban J connectivity index is 3.01. The van der Waals surface area contributed by atoms with Crippen molar-refractivity contribution in [2.75, 3.05) is 13.7 Å². The van der Waals surface area contributed by atoms with Crippen molar-refractivity contribution >= 4 is 0 Å². The minimum Gasteiger partial charge on any atom is -0.481 e. The quantitative estimate of drug-likeness (QED) is 0.703. The highest BCUT2D eigenvalue weighted by atomic mass is 16.5. The minimum absolute atomic E-state index is 0.146. The number of ether oxygens (including phenoxy) is 1. The van der Waals surface area contributed by atoms with Crippen LogP contribution >= 0.6 is 0 Å². The number of nitrogens with two attached hydrogens (primary N) is 1. The van der Waals surface area contributed by atoms with Crippen molar-refractivity contribution in [3.63, 3.8) is 0 Å². The van der Waals surface area contributed by atoms with Crippen LogP contribution in [-0.2, 0) is 5.54 Å². The summed E-state index contributed by atoms with van der Waals surface area (Å²) < 4.78 is 4.95. The first-order chi connectivity index (χ1) is 6.10. The molecule has 13 heavy (non-hydrogen) atoms. The lowest BCUT2D eigenvalue weighted by Gasteiger charge is -2.20. The Hall–Kier alpha value is -1.13. The van der Waals surface area contributed by atoms with Crippen molar-refractivity contribution in [3.8, 4) is 5.88 Å². The van der Waals surface area contributed by atoms with Gasteiger partial charge in [-0.15, -0.1) is 0 Å². The molecule has 0 amide bonds. The molecule has 0 fully saturated rings. The van der Waals surface area contributed by atoms with E-state index in [0.717, 1.165) is 0 Å². The van der Waals surface area contributed by atoms with E-state index in [9.17, 15) is 0 Å². The number of methoxy groups -OCH3 is 1. The molecule has 72 valence electrons. The predicted molar refractivity (Wildman–Crippen MR) is 49.4 cm³/mol. The third-order valence-electron chi connectivity index (χ3n) is 1.85. The van der Waals surface area contributed by atoms with Gasteiger partial charge in [-0.25, -0.2) is 4.98 Å². The first kappa shape index (κ1) is 9.95. The SMILES string of the molecule is COc1cccc([C@](C)(N)CO)n1. The molecule has 4 heteroatoms. The first-order valence-electron chi connectivity index (χ1n) is 4.01. The number of aromatic nitrogens is 1. The molecule has 1 heterocycles. The number of nitrogens with zero attached hydrogens (tertiary/aromatic N) is 1. The van der Waals surface area contributed by atoms with Crippen molar-refractivity contribution in [2.24, 2.45) is 5.73 Å². The Bertz CT molecular complexity index is 287. The lowest BCUT2D eigenvalue weighted by Crippen LogP contribution is -2.37. The van der Waals surface area contributed by atoms with E-state index in [1.807, 2.05) is 0 Å². The van der Waals surface area contributed by atoms with Crippen LogP contribution in [0.2, 0.25) is 0 Å². The molecule has 1 aromatic heterocycles. The Kier molecular flexibility index (Phi) is 2.85. The number of aliphatic hydroxyl groups excluding tert-OH is 1. The summed E-state index contributed by atoms with van der Waals surface area (Å²) in [6, 6.07) is 5.29. The number of hydrogen-bond donors (Lipinski definition) is 2. The molecule has 0 spiro atoms. The van der Waals surface area contributed by atoms with E-state index in [2.05, 4.69) is 4.98 Å². The Morgan fingerprint density at radius 3 is 2.85 bits per heavy atom. The van der Waals surface area contributed by atoms with E-state index >= 15 is 0 Å². The zero-order chi connectivity index (χ0) is 9.90. The van der Waals surface area contributed by atoms with Crippen molar-refractivity contribution in [1.82, 2.24) is 4.98 Å². The van der Waals surface area contributed by atoms with Gasteiger partial charge >= 0.3 is 0 Å². The maximum atomic E-state index is 9.01. The second-order valence-electron chi connectivity index (χ2n) is 3.14. The van der Waals surface area contributed by atoms with Crippen molar-refractivity contribution < 1.29 is 9.84 Å².